The van der Waals surface area contributed by atoms with E-state index < -0.39 is 0 Å². The Hall–Kier alpha value is -9.70. The molecule has 0 N–H and O–H groups in total. The smallest absolute Gasteiger partial charge is 0.0547 e. The van der Waals surface area contributed by atoms with Crippen LogP contribution in [-0.4, -0.2) is 9.13 Å². The van der Waals surface area contributed by atoms with Crippen molar-refractivity contribution in [3.63, 3.8) is 0 Å². The average molecular weight is 970 g/mol. The van der Waals surface area contributed by atoms with Crippen LogP contribution in [0.1, 0.15) is 25.0 Å². The van der Waals surface area contributed by atoms with Crippen molar-refractivity contribution in [3.05, 3.63) is 284 Å². The Morgan fingerprint density at radius 2 is 0.776 bits per heavy atom. The topological polar surface area (TPSA) is 13.1 Å². The van der Waals surface area contributed by atoms with Gasteiger partial charge in [-0.3, -0.25) is 0 Å². The van der Waals surface area contributed by atoms with Crippen molar-refractivity contribution >= 4 is 71.4 Å². The highest BCUT2D eigenvalue weighted by Crippen LogP contribution is 2.51. The second-order valence-corrected chi connectivity index (χ2v) is 20.9. The largest absolute Gasteiger partial charge is 0.310 e. The van der Waals surface area contributed by atoms with E-state index in [1.807, 2.05) is 0 Å². The number of nitrogens with zero attached hydrogens (tertiary/aromatic N) is 3. The van der Waals surface area contributed by atoms with Crippen LogP contribution < -0.4 is 4.90 Å². The molecule has 0 amide bonds. The van der Waals surface area contributed by atoms with E-state index in [1.165, 1.54) is 98.9 Å². The molecule has 0 saturated heterocycles. The minimum atomic E-state index is -0.0644. The third kappa shape index (κ3) is 6.90. The molecule has 12 aromatic carbocycles. The summed E-state index contributed by atoms with van der Waals surface area (Å²) in [7, 11) is 0. The molecule has 2 aromatic heterocycles. The van der Waals surface area contributed by atoms with Gasteiger partial charge in [-0.25, -0.2) is 0 Å². The number of anilines is 3. The van der Waals surface area contributed by atoms with Crippen molar-refractivity contribution in [2.24, 2.45) is 0 Å². The first kappa shape index (κ1) is 43.8. The van der Waals surface area contributed by atoms with Crippen LogP contribution in [0, 0.1) is 0 Å². The third-order valence-corrected chi connectivity index (χ3v) is 16.3. The molecule has 0 fully saturated rings. The zero-order chi connectivity index (χ0) is 50.5. The van der Waals surface area contributed by atoms with Crippen LogP contribution in [0.5, 0.6) is 0 Å². The standard InChI is InChI=1S/C73H51N3/c1-73(2)66-28-16-14-26-61(66)63-47-59(37-38-67(63)73)74(55-19-6-3-7-20-55)58-35-30-48(31-36-58)52-42-53(50-33-39-69-64(45-50)62-27-15-17-29-68(62)75(69)56-21-8-4-9-22-56)44-54(43-52)51-34-40-70-65(46-51)72-60-25-13-12-18-49(60)32-41-71(72)76(70)57-23-10-5-11-24-57/h3-47H,1-2H3. The van der Waals surface area contributed by atoms with Gasteiger partial charge in [-0.2, -0.15) is 0 Å². The van der Waals surface area contributed by atoms with Gasteiger partial charge < -0.3 is 14.0 Å². The van der Waals surface area contributed by atoms with Crippen molar-refractivity contribution < 1.29 is 0 Å². The van der Waals surface area contributed by atoms with Gasteiger partial charge >= 0.3 is 0 Å². The maximum absolute atomic E-state index is 2.43. The molecule has 0 saturated carbocycles. The minimum Gasteiger partial charge on any atom is -0.310 e. The molecule has 358 valence electrons. The molecule has 15 rings (SSSR count). The molecule has 0 bridgehead atoms. The van der Waals surface area contributed by atoms with Crippen molar-refractivity contribution in [1.29, 1.82) is 0 Å². The minimum absolute atomic E-state index is 0.0644. The van der Waals surface area contributed by atoms with Crippen molar-refractivity contribution in [2.45, 2.75) is 19.3 Å². The summed E-state index contributed by atoms with van der Waals surface area (Å²) in [5.74, 6) is 0. The van der Waals surface area contributed by atoms with E-state index in [0.717, 1.165) is 39.6 Å². The number of para-hydroxylation sites is 4. The molecule has 0 radical (unpaired) electrons. The Balaban J connectivity index is 0.910. The van der Waals surface area contributed by atoms with Gasteiger partial charge in [0.2, 0.25) is 0 Å². The first-order chi connectivity index (χ1) is 37.4. The Morgan fingerprint density at radius 3 is 1.49 bits per heavy atom. The summed E-state index contributed by atoms with van der Waals surface area (Å²) < 4.78 is 4.82. The SMILES string of the molecule is CC1(C)c2ccccc2-c2cc(N(c3ccccc3)c3ccc(-c4cc(-c5ccc6c(c5)c5ccccc5n6-c5ccccc5)cc(-c5ccc6c(c5)c5c7ccccc7ccc5n6-c5ccccc5)c4)cc3)ccc21. The third-order valence-electron chi connectivity index (χ3n) is 16.3. The fraction of sp³-hybridized carbons (Fsp3) is 0.0411. The molecule has 1 aliphatic carbocycles. The normalized spacial score (nSPS) is 12.7. The van der Waals surface area contributed by atoms with E-state index >= 15 is 0 Å². The molecule has 1 aliphatic rings. The molecule has 0 atom stereocenters. The second-order valence-electron chi connectivity index (χ2n) is 20.9. The number of hydrogen-bond acceptors (Lipinski definition) is 1. The predicted molar refractivity (Wildman–Crippen MR) is 321 cm³/mol. The number of fused-ring (bicyclic) bond motifs is 11. The summed E-state index contributed by atoms with van der Waals surface area (Å²) in [4.78, 5) is 2.39. The lowest BCUT2D eigenvalue weighted by atomic mass is 9.82. The zero-order valence-electron chi connectivity index (χ0n) is 42.3. The second kappa shape index (κ2) is 17.2. The monoisotopic (exact) mass is 969 g/mol. The molecule has 3 heteroatoms. The summed E-state index contributed by atoms with van der Waals surface area (Å²) in [5.41, 5.74) is 22.7. The number of rotatable bonds is 8. The first-order valence-electron chi connectivity index (χ1n) is 26.4. The summed E-state index contributed by atoms with van der Waals surface area (Å²) >= 11 is 0. The predicted octanol–water partition coefficient (Wildman–Crippen LogP) is 19.8. The van der Waals surface area contributed by atoms with Crippen molar-refractivity contribution in [3.8, 4) is 55.9 Å². The molecule has 0 spiro atoms. The lowest BCUT2D eigenvalue weighted by Gasteiger charge is -2.27. The van der Waals surface area contributed by atoms with Crippen LogP contribution in [0.15, 0.2) is 273 Å². The lowest BCUT2D eigenvalue weighted by Crippen LogP contribution is -2.15. The summed E-state index contributed by atoms with van der Waals surface area (Å²) in [6.07, 6.45) is 0. The van der Waals surface area contributed by atoms with Gasteiger partial charge in [0.1, 0.15) is 0 Å². The van der Waals surface area contributed by atoms with Gasteiger partial charge in [-0.1, -0.05) is 172 Å². The maximum atomic E-state index is 2.43. The molecule has 3 nitrogen and oxygen atoms in total. The van der Waals surface area contributed by atoms with Gasteiger partial charge in [0.15, 0.2) is 0 Å². The van der Waals surface area contributed by atoms with Crippen LogP contribution in [0.2, 0.25) is 0 Å². The Labute approximate surface area is 442 Å². The Kier molecular flexibility index (Phi) is 9.92. The Bertz CT molecular complexity index is 4580. The molecule has 2 heterocycles. The van der Waals surface area contributed by atoms with E-state index in [4.69, 9.17) is 0 Å². The molecule has 14 aromatic rings. The number of hydrogen-bond donors (Lipinski definition) is 0. The van der Waals surface area contributed by atoms with E-state index in [-0.39, 0.29) is 5.41 Å². The van der Waals surface area contributed by atoms with Gasteiger partial charge in [0.05, 0.1) is 22.1 Å². The van der Waals surface area contributed by atoms with Gasteiger partial charge in [0.25, 0.3) is 0 Å². The number of aromatic nitrogens is 2. The van der Waals surface area contributed by atoms with Crippen molar-refractivity contribution in [2.75, 3.05) is 4.90 Å². The summed E-state index contributed by atoms with van der Waals surface area (Å²) in [6, 6.07) is 101. The molecular formula is C73H51N3. The molecule has 0 unspecified atom stereocenters. The number of benzene rings is 12. The van der Waals surface area contributed by atoms with Gasteiger partial charge in [-0.05, 0) is 182 Å². The average Bonchev–Trinajstić information content (AvgIpc) is 4.09. The molecule has 76 heavy (non-hydrogen) atoms. The maximum Gasteiger partial charge on any atom is 0.0547 e. The highest BCUT2D eigenvalue weighted by atomic mass is 15.1. The highest BCUT2D eigenvalue weighted by molar-refractivity contribution is 6.22. The van der Waals surface area contributed by atoms with Crippen LogP contribution in [-0.2, 0) is 5.41 Å². The van der Waals surface area contributed by atoms with Crippen LogP contribution in [0.4, 0.5) is 17.1 Å². The van der Waals surface area contributed by atoms with Crippen LogP contribution in [0.3, 0.4) is 0 Å². The van der Waals surface area contributed by atoms with Gasteiger partial charge in [0, 0.05) is 55.4 Å². The summed E-state index contributed by atoms with van der Waals surface area (Å²) in [6.45, 7) is 4.69. The van der Waals surface area contributed by atoms with E-state index in [9.17, 15) is 0 Å². The Morgan fingerprint density at radius 1 is 0.289 bits per heavy atom. The van der Waals surface area contributed by atoms with Crippen molar-refractivity contribution in [1.82, 2.24) is 9.13 Å². The molecular weight excluding hydrogens is 919 g/mol. The highest BCUT2D eigenvalue weighted by Gasteiger charge is 2.35. The van der Waals surface area contributed by atoms with Gasteiger partial charge in [-0.15, -0.1) is 0 Å². The summed E-state index contributed by atoms with van der Waals surface area (Å²) in [5, 5.41) is 7.47. The van der Waals surface area contributed by atoms with Crippen LogP contribution in [0.25, 0.3) is 110 Å². The lowest BCUT2D eigenvalue weighted by molar-refractivity contribution is 0.660. The fourth-order valence-electron chi connectivity index (χ4n) is 12.6. The fourth-order valence-corrected chi connectivity index (χ4v) is 12.6. The zero-order valence-corrected chi connectivity index (χ0v) is 42.3. The quantitative estimate of drug-likeness (QED) is 0.148. The van der Waals surface area contributed by atoms with Crippen LogP contribution >= 0.6 is 0 Å². The first-order valence-corrected chi connectivity index (χ1v) is 26.4. The molecule has 0 aliphatic heterocycles. The van der Waals surface area contributed by atoms with E-state index in [0.29, 0.717) is 0 Å². The van der Waals surface area contributed by atoms with E-state index in [2.05, 4.69) is 301 Å². The van der Waals surface area contributed by atoms with E-state index in [1.54, 1.807) is 0 Å².